The van der Waals surface area contributed by atoms with Crippen LogP contribution >= 0.6 is 11.8 Å². The standard InChI is InChI=1S/C62H91N7O23S/c1-33(16-18-48(92-62(81)51(85-11)30-82-8)37(5)56(90-38(6)71)34(2)20-21-69(7)32-70)49(84-10)25-50-36(4)47(83-9)14-13-15-53-66-43(28-87-53)59-68-44(29-89-59)60-67-42(27-88-60)57(86-12)35(3)46(73)24-40(22-39(72)23-55(77)91-50)93-31-45(58(78)64-26-54(75)76)65-52(74)19-17-41(63)61(79)80/h13,15,20-21,27-29,32-37,39-41,45,47-51,56-57,72H,14,16-19,22-26,30-31,63H2,1-12H3,(H,64,78)(H,65,74)(H,75,76)(H,79,80)/b15-13?,21-20+/t33-,34-,35-,36+,37+,39+,40-,41+,45+,47+,48-,49+,50-,51+,56+,57+/m1/s1. The van der Waals surface area contributed by atoms with Crippen LogP contribution in [-0.2, 0) is 81.0 Å². The van der Waals surface area contributed by atoms with Crippen molar-refractivity contribution in [1.29, 1.82) is 0 Å². The quantitative estimate of drug-likeness (QED) is 0.0283. The molecule has 6 bridgehead atoms. The fourth-order valence-corrected chi connectivity index (χ4v) is 11.8. The van der Waals surface area contributed by atoms with Gasteiger partial charge in [-0.2, -0.15) is 11.8 Å². The molecule has 0 aliphatic carbocycles. The topological polar surface area (TPSA) is 420 Å². The summed E-state index contributed by atoms with van der Waals surface area (Å²) in [6.07, 6.45) is 2.38. The number of esters is 3. The summed E-state index contributed by atoms with van der Waals surface area (Å²) in [4.78, 5) is 131. The van der Waals surface area contributed by atoms with Crippen LogP contribution in [0.15, 0.2) is 50.4 Å². The number of thioether (sulfide) groups is 1. The van der Waals surface area contributed by atoms with E-state index in [1.807, 2.05) is 13.8 Å². The molecule has 3 amide bonds. The molecule has 4 rings (SSSR count). The fraction of sp³-hybridized carbons (Fsp3) is 0.645. The van der Waals surface area contributed by atoms with Gasteiger partial charge in [0.1, 0.15) is 73.3 Å². The van der Waals surface area contributed by atoms with E-state index in [2.05, 4.69) is 25.6 Å². The first kappa shape index (κ1) is 78.1. The van der Waals surface area contributed by atoms with Gasteiger partial charge in [-0.05, 0) is 44.1 Å². The summed E-state index contributed by atoms with van der Waals surface area (Å²) in [5, 5.41) is 34.3. The van der Waals surface area contributed by atoms with E-state index in [0.29, 0.717) is 12.8 Å². The molecule has 3 aromatic rings. The summed E-state index contributed by atoms with van der Waals surface area (Å²) >= 11 is 0.960. The number of ketones is 1. The number of aromatic nitrogens is 3. The Bertz CT molecular complexity index is 2950. The second kappa shape index (κ2) is 39.3. The molecule has 16 atom stereocenters. The summed E-state index contributed by atoms with van der Waals surface area (Å²) < 4.78 is 64.2. The summed E-state index contributed by atoms with van der Waals surface area (Å²) in [6.45, 7) is 9.20. The SMILES string of the molecule is COC[C@H](OC)C(=O)O[C@H](CC[C@@H](C)[C@H](C[C@H]1OC(=O)C[C@@H](O)C[C@@H](SC[C@H](NC(=O)CC[C@H](N)C(=O)O)C(=O)NCC(=O)O)CC(=O)[C@@H](C)[C@H](OC)c2coc(n2)-c2coc(n2)-c2coc(n2)C=CC[C@H](OC)[C@@H]1C)OC)[C@H](C)[C@@H](OC(C)=O)[C@H](C)/C=C/N(C)C=O. The third-order valence-corrected chi connectivity index (χ3v) is 17.3. The minimum absolute atomic E-state index is 0.0198. The lowest BCUT2D eigenvalue weighted by atomic mass is 9.83. The number of rotatable bonds is 32. The van der Waals surface area contributed by atoms with Gasteiger partial charge in [0, 0.05) is 110 Å². The number of nitrogens with one attached hydrogen (secondary N) is 2. The molecule has 31 heteroatoms. The number of nitrogens with zero attached hydrogens (tertiary/aromatic N) is 4. The maximum Gasteiger partial charge on any atom is 0.337 e. The minimum atomic E-state index is -1.51. The van der Waals surface area contributed by atoms with Crippen molar-refractivity contribution in [2.24, 2.45) is 35.3 Å². The van der Waals surface area contributed by atoms with Crippen LogP contribution in [0.1, 0.15) is 117 Å². The lowest BCUT2D eigenvalue weighted by Crippen LogP contribution is -2.49. The van der Waals surface area contributed by atoms with E-state index in [1.54, 1.807) is 46.0 Å². The van der Waals surface area contributed by atoms with Crippen molar-refractivity contribution in [1.82, 2.24) is 30.5 Å². The van der Waals surface area contributed by atoms with Crippen molar-refractivity contribution in [3.05, 3.63) is 48.7 Å². The molecule has 0 saturated carbocycles. The Balaban J connectivity index is 1.76. The first-order chi connectivity index (χ1) is 44.2. The van der Waals surface area contributed by atoms with Crippen LogP contribution in [-0.4, -0.2) is 211 Å². The maximum absolute atomic E-state index is 14.5. The van der Waals surface area contributed by atoms with E-state index >= 15 is 0 Å². The van der Waals surface area contributed by atoms with E-state index < -0.39 is 157 Å². The van der Waals surface area contributed by atoms with Crippen LogP contribution in [0.5, 0.6) is 0 Å². The highest BCUT2D eigenvalue weighted by atomic mass is 32.2. The molecule has 7 N–H and O–H groups in total. The monoisotopic (exact) mass is 1330 g/mol. The zero-order valence-corrected chi connectivity index (χ0v) is 55.4. The van der Waals surface area contributed by atoms with Crippen LogP contribution in [0, 0.1) is 29.6 Å². The number of methoxy groups -OCH3 is 5. The molecular formula is C62H91N7O23S. The fourth-order valence-electron chi connectivity index (χ4n) is 10.4. The Morgan fingerprint density at radius 2 is 1.57 bits per heavy atom. The predicted octanol–water partition coefficient (Wildman–Crippen LogP) is 4.57. The Hall–Kier alpha value is -7.39. The van der Waals surface area contributed by atoms with Gasteiger partial charge in [0.2, 0.25) is 35.9 Å². The van der Waals surface area contributed by atoms with Gasteiger partial charge < -0.3 is 87.7 Å². The summed E-state index contributed by atoms with van der Waals surface area (Å²) in [6, 6.07) is -2.85. The van der Waals surface area contributed by atoms with E-state index in [1.165, 1.54) is 72.4 Å². The zero-order valence-electron chi connectivity index (χ0n) is 54.6. The predicted molar refractivity (Wildman–Crippen MR) is 332 cm³/mol. The van der Waals surface area contributed by atoms with Gasteiger partial charge >= 0.3 is 29.8 Å². The van der Waals surface area contributed by atoms with Crippen molar-refractivity contribution in [2.45, 2.75) is 165 Å². The average molecular weight is 1330 g/mol. The van der Waals surface area contributed by atoms with E-state index in [0.717, 1.165) is 11.8 Å². The number of ether oxygens (including phenoxy) is 8. The smallest absolute Gasteiger partial charge is 0.337 e. The van der Waals surface area contributed by atoms with Gasteiger partial charge in [-0.15, -0.1) is 0 Å². The molecule has 1 aliphatic heterocycles. The number of carboxylic acid groups (broad SMARTS) is 2. The molecule has 4 heterocycles. The van der Waals surface area contributed by atoms with Gasteiger partial charge in [-0.3, -0.25) is 38.4 Å². The van der Waals surface area contributed by atoms with Crippen LogP contribution in [0.25, 0.3) is 29.2 Å². The number of cyclic esters (lactones) is 1. The zero-order chi connectivity index (χ0) is 69.1. The van der Waals surface area contributed by atoms with Crippen molar-refractivity contribution < 1.29 is 110 Å². The van der Waals surface area contributed by atoms with Gasteiger partial charge in [0.25, 0.3) is 0 Å². The van der Waals surface area contributed by atoms with Crippen LogP contribution in [0.2, 0.25) is 0 Å². The normalized spacial score (nSPS) is 22.2. The number of fused-ring (bicyclic) bond motifs is 8. The van der Waals surface area contributed by atoms with Crippen molar-refractivity contribution in [3.63, 3.8) is 0 Å². The third-order valence-electron chi connectivity index (χ3n) is 16.0. The second-order valence-corrected chi connectivity index (χ2v) is 24.3. The molecule has 30 nitrogen and oxygen atoms in total. The van der Waals surface area contributed by atoms with Crippen LogP contribution < -0.4 is 16.4 Å². The number of carbonyl (C=O) groups is 9. The van der Waals surface area contributed by atoms with Crippen molar-refractivity contribution in [3.8, 4) is 23.2 Å². The van der Waals surface area contributed by atoms with Gasteiger partial charge in [-0.1, -0.05) is 46.8 Å². The molecule has 0 aromatic carbocycles. The molecule has 518 valence electrons. The van der Waals surface area contributed by atoms with Crippen LogP contribution in [0.3, 0.4) is 0 Å². The Kier molecular flexibility index (Phi) is 33.0. The number of hydrogen-bond donors (Lipinski definition) is 6. The Morgan fingerprint density at radius 1 is 0.882 bits per heavy atom. The molecule has 3 aromatic heterocycles. The number of oxazole rings is 3. The van der Waals surface area contributed by atoms with Gasteiger partial charge in [0.05, 0.1) is 31.3 Å². The summed E-state index contributed by atoms with van der Waals surface area (Å²) in [5.41, 5.74) is 6.23. The third kappa shape index (κ3) is 25.1. The number of carbonyl (C=O) groups excluding carboxylic acids is 7. The molecule has 0 unspecified atom stereocenters. The Labute approximate surface area is 544 Å². The highest BCUT2D eigenvalue weighted by Crippen LogP contribution is 2.35. The average Bonchev–Trinajstić information content (AvgIpc) is 1.79. The number of aliphatic carboxylic acids is 2. The molecule has 0 fully saturated rings. The number of carboxylic acids is 2. The lowest BCUT2D eigenvalue weighted by Gasteiger charge is -2.35. The lowest BCUT2D eigenvalue weighted by molar-refractivity contribution is -0.173. The maximum atomic E-state index is 14.5. The van der Waals surface area contributed by atoms with Crippen LogP contribution in [0.4, 0.5) is 0 Å². The molecule has 0 saturated heterocycles. The number of aliphatic hydroxyl groups excluding tert-OH is 1. The van der Waals surface area contributed by atoms with E-state index in [9.17, 15) is 58.5 Å². The van der Waals surface area contributed by atoms with Gasteiger partial charge in [0.15, 0.2) is 17.5 Å². The number of amides is 3. The van der Waals surface area contributed by atoms with Crippen molar-refractivity contribution >= 4 is 71.7 Å². The highest BCUT2D eigenvalue weighted by Gasteiger charge is 2.39. The second-order valence-electron chi connectivity index (χ2n) is 23.0. The number of hydrogen-bond acceptors (Lipinski definition) is 26. The van der Waals surface area contributed by atoms with E-state index in [-0.39, 0.29) is 91.6 Å². The van der Waals surface area contributed by atoms with Gasteiger partial charge in [-0.25, -0.2) is 19.7 Å². The summed E-state index contributed by atoms with van der Waals surface area (Å²) in [5.74, 6) is -10.1. The highest BCUT2D eigenvalue weighted by molar-refractivity contribution is 8.00. The first-order valence-electron chi connectivity index (χ1n) is 30.3. The summed E-state index contributed by atoms with van der Waals surface area (Å²) in [7, 11) is 8.63. The number of Topliss-reactive ketones (excluding diaryl/α,β-unsaturated/α-hetero) is 1. The first-order valence-corrected chi connectivity index (χ1v) is 31.4. The Morgan fingerprint density at radius 3 is 2.20 bits per heavy atom. The molecule has 0 spiro atoms. The largest absolute Gasteiger partial charge is 0.480 e. The number of nitrogens with two attached hydrogens (primary N) is 1. The molecule has 93 heavy (non-hydrogen) atoms. The molecule has 1 aliphatic rings. The minimum Gasteiger partial charge on any atom is -0.480 e. The molecular weight excluding hydrogens is 1240 g/mol. The number of aliphatic hydroxyl groups is 1. The van der Waals surface area contributed by atoms with Crippen molar-refractivity contribution in [2.75, 3.05) is 61.5 Å². The van der Waals surface area contributed by atoms with E-state index in [4.69, 9.17) is 56.9 Å². The molecule has 0 radical (unpaired) electrons.